The molecule has 86 valence electrons. The number of likely N-dealkylation sites (N-methyl/N-ethyl adjacent to an activating group) is 1. The van der Waals surface area contributed by atoms with Crippen LogP contribution < -0.4 is 10.6 Å². The van der Waals surface area contributed by atoms with Gasteiger partial charge in [0.1, 0.15) is 0 Å². The SMILES string of the molecule is CCC(=O)Nc1ccc(CC(=O)NC)cc1. The summed E-state index contributed by atoms with van der Waals surface area (Å²) in [5.41, 5.74) is 1.68. The lowest BCUT2D eigenvalue weighted by Crippen LogP contribution is -2.19. The molecular formula is C12H16N2O2. The zero-order valence-electron chi connectivity index (χ0n) is 9.54. The molecule has 0 aliphatic carbocycles. The van der Waals surface area contributed by atoms with E-state index in [4.69, 9.17) is 0 Å². The minimum absolute atomic E-state index is 0.0148. The molecule has 0 aliphatic rings. The smallest absolute Gasteiger partial charge is 0.224 e. The summed E-state index contributed by atoms with van der Waals surface area (Å²) in [4.78, 5) is 22.2. The van der Waals surface area contributed by atoms with Crippen molar-refractivity contribution >= 4 is 17.5 Å². The van der Waals surface area contributed by atoms with Crippen LogP contribution >= 0.6 is 0 Å². The summed E-state index contributed by atoms with van der Waals surface area (Å²) in [5, 5.41) is 5.31. The lowest BCUT2D eigenvalue weighted by Gasteiger charge is -2.05. The maximum absolute atomic E-state index is 11.1. The van der Waals surface area contributed by atoms with Gasteiger partial charge < -0.3 is 10.6 Å². The Kier molecular flexibility index (Phi) is 4.51. The van der Waals surface area contributed by atoms with E-state index in [2.05, 4.69) is 10.6 Å². The summed E-state index contributed by atoms with van der Waals surface area (Å²) in [6.45, 7) is 1.80. The fourth-order valence-corrected chi connectivity index (χ4v) is 1.23. The quantitative estimate of drug-likeness (QED) is 0.804. The van der Waals surface area contributed by atoms with Gasteiger partial charge in [-0.15, -0.1) is 0 Å². The Labute approximate surface area is 95.0 Å². The third kappa shape index (κ3) is 3.73. The molecule has 0 aromatic heterocycles. The average Bonchev–Trinajstić information content (AvgIpc) is 2.31. The highest BCUT2D eigenvalue weighted by molar-refractivity contribution is 5.90. The summed E-state index contributed by atoms with van der Waals surface area (Å²) < 4.78 is 0. The van der Waals surface area contributed by atoms with Crippen molar-refractivity contribution in [2.24, 2.45) is 0 Å². The molecule has 0 atom stereocenters. The summed E-state index contributed by atoms with van der Waals surface area (Å²) in [6, 6.07) is 7.26. The Hall–Kier alpha value is -1.84. The number of amides is 2. The molecule has 4 heteroatoms. The summed E-state index contributed by atoms with van der Waals surface area (Å²) in [6.07, 6.45) is 0.818. The topological polar surface area (TPSA) is 58.2 Å². The molecule has 1 rings (SSSR count). The molecule has 0 saturated heterocycles. The molecule has 0 bridgehead atoms. The molecule has 0 aliphatic heterocycles. The molecule has 0 spiro atoms. The Morgan fingerprint density at radius 1 is 1.12 bits per heavy atom. The highest BCUT2D eigenvalue weighted by Crippen LogP contribution is 2.10. The van der Waals surface area contributed by atoms with Crippen molar-refractivity contribution in [3.8, 4) is 0 Å². The zero-order chi connectivity index (χ0) is 12.0. The second kappa shape index (κ2) is 5.90. The molecule has 1 aromatic carbocycles. The molecule has 0 saturated carbocycles. The van der Waals surface area contributed by atoms with Crippen LogP contribution in [0.5, 0.6) is 0 Å². The minimum atomic E-state index is -0.0228. The molecule has 0 heterocycles. The van der Waals surface area contributed by atoms with Gasteiger partial charge in [-0.3, -0.25) is 9.59 Å². The first kappa shape index (κ1) is 12.2. The number of nitrogens with one attached hydrogen (secondary N) is 2. The number of rotatable bonds is 4. The van der Waals surface area contributed by atoms with E-state index in [-0.39, 0.29) is 11.8 Å². The van der Waals surface area contributed by atoms with E-state index in [0.717, 1.165) is 11.3 Å². The Morgan fingerprint density at radius 3 is 2.25 bits per heavy atom. The summed E-state index contributed by atoms with van der Waals surface area (Å²) in [5.74, 6) is -0.0376. The Bertz CT molecular complexity index is 334. The van der Waals surface area contributed by atoms with E-state index in [1.54, 1.807) is 26.1 Å². The second-order valence-corrected chi connectivity index (χ2v) is 3.45. The van der Waals surface area contributed by atoms with Crippen LogP contribution in [0, 0.1) is 0 Å². The van der Waals surface area contributed by atoms with Crippen molar-refractivity contribution in [3.63, 3.8) is 0 Å². The first-order chi connectivity index (χ1) is 7.65. The van der Waals surface area contributed by atoms with Gasteiger partial charge in [-0.1, -0.05) is 19.1 Å². The fourth-order valence-electron chi connectivity index (χ4n) is 1.23. The van der Waals surface area contributed by atoms with Crippen molar-refractivity contribution in [1.82, 2.24) is 5.32 Å². The van der Waals surface area contributed by atoms with Crippen molar-refractivity contribution in [1.29, 1.82) is 0 Å². The predicted octanol–water partition coefficient (Wildman–Crippen LogP) is 1.32. The normalized spacial score (nSPS) is 9.62. The molecule has 4 nitrogen and oxygen atoms in total. The average molecular weight is 220 g/mol. The number of carbonyl (C=O) groups is 2. The molecule has 2 N–H and O–H groups in total. The monoisotopic (exact) mass is 220 g/mol. The van der Waals surface area contributed by atoms with E-state index in [1.807, 2.05) is 12.1 Å². The molecule has 0 fully saturated rings. The lowest BCUT2D eigenvalue weighted by atomic mass is 10.1. The number of hydrogen-bond acceptors (Lipinski definition) is 2. The van der Waals surface area contributed by atoms with Gasteiger partial charge in [-0.25, -0.2) is 0 Å². The maximum Gasteiger partial charge on any atom is 0.224 e. The molecule has 0 unspecified atom stereocenters. The highest BCUT2D eigenvalue weighted by atomic mass is 16.2. The van der Waals surface area contributed by atoms with Crippen LogP contribution in [0.1, 0.15) is 18.9 Å². The Morgan fingerprint density at radius 2 is 1.75 bits per heavy atom. The molecule has 2 amide bonds. The molecular weight excluding hydrogens is 204 g/mol. The van der Waals surface area contributed by atoms with Crippen LogP contribution in [0.2, 0.25) is 0 Å². The van der Waals surface area contributed by atoms with Gasteiger partial charge in [0, 0.05) is 19.2 Å². The van der Waals surface area contributed by atoms with Gasteiger partial charge in [0.2, 0.25) is 11.8 Å². The van der Waals surface area contributed by atoms with E-state index in [9.17, 15) is 9.59 Å². The summed E-state index contributed by atoms with van der Waals surface area (Å²) >= 11 is 0. The van der Waals surface area contributed by atoms with Crippen molar-refractivity contribution in [2.75, 3.05) is 12.4 Å². The van der Waals surface area contributed by atoms with E-state index in [0.29, 0.717) is 12.8 Å². The van der Waals surface area contributed by atoms with Gasteiger partial charge in [0.15, 0.2) is 0 Å². The van der Waals surface area contributed by atoms with Crippen LogP contribution in [0.3, 0.4) is 0 Å². The molecule has 16 heavy (non-hydrogen) atoms. The van der Waals surface area contributed by atoms with Gasteiger partial charge in [0.05, 0.1) is 6.42 Å². The van der Waals surface area contributed by atoms with Crippen LogP contribution in [0.15, 0.2) is 24.3 Å². The van der Waals surface area contributed by atoms with Gasteiger partial charge >= 0.3 is 0 Å². The van der Waals surface area contributed by atoms with Gasteiger partial charge in [0.25, 0.3) is 0 Å². The Balaban J connectivity index is 2.60. The van der Waals surface area contributed by atoms with Crippen LogP contribution in [-0.2, 0) is 16.0 Å². The van der Waals surface area contributed by atoms with Crippen molar-refractivity contribution < 1.29 is 9.59 Å². The highest BCUT2D eigenvalue weighted by Gasteiger charge is 2.02. The van der Waals surface area contributed by atoms with Crippen LogP contribution in [-0.4, -0.2) is 18.9 Å². The first-order valence-electron chi connectivity index (χ1n) is 5.25. The first-order valence-corrected chi connectivity index (χ1v) is 5.25. The van der Waals surface area contributed by atoms with Gasteiger partial charge in [-0.05, 0) is 17.7 Å². The van der Waals surface area contributed by atoms with Crippen LogP contribution in [0.4, 0.5) is 5.69 Å². The van der Waals surface area contributed by atoms with E-state index >= 15 is 0 Å². The van der Waals surface area contributed by atoms with Crippen molar-refractivity contribution in [2.45, 2.75) is 19.8 Å². The standard InChI is InChI=1S/C12H16N2O2/c1-3-11(15)14-10-6-4-9(5-7-10)8-12(16)13-2/h4-7H,3,8H2,1-2H3,(H,13,16)(H,14,15). The second-order valence-electron chi connectivity index (χ2n) is 3.45. The lowest BCUT2D eigenvalue weighted by molar-refractivity contribution is -0.120. The molecule has 1 aromatic rings. The van der Waals surface area contributed by atoms with Crippen molar-refractivity contribution in [3.05, 3.63) is 29.8 Å². The van der Waals surface area contributed by atoms with Gasteiger partial charge in [-0.2, -0.15) is 0 Å². The minimum Gasteiger partial charge on any atom is -0.359 e. The maximum atomic E-state index is 11.1. The number of carbonyl (C=O) groups excluding carboxylic acids is 2. The van der Waals surface area contributed by atoms with E-state index in [1.165, 1.54) is 0 Å². The largest absolute Gasteiger partial charge is 0.359 e. The number of hydrogen-bond donors (Lipinski definition) is 2. The number of anilines is 1. The molecule has 0 radical (unpaired) electrons. The van der Waals surface area contributed by atoms with Crippen LogP contribution in [0.25, 0.3) is 0 Å². The summed E-state index contributed by atoms with van der Waals surface area (Å²) in [7, 11) is 1.61. The zero-order valence-corrected chi connectivity index (χ0v) is 9.54. The fraction of sp³-hybridized carbons (Fsp3) is 0.333. The third-order valence-electron chi connectivity index (χ3n) is 2.20. The predicted molar refractivity (Wildman–Crippen MR) is 63.1 cm³/mol. The number of benzene rings is 1. The third-order valence-corrected chi connectivity index (χ3v) is 2.20. The van der Waals surface area contributed by atoms with E-state index < -0.39 is 0 Å².